The van der Waals surface area contributed by atoms with Gasteiger partial charge in [-0.05, 0) is 19.0 Å². The van der Waals surface area contributed by atoms with Crippen LogP contribution in [0.1, 0.15) is 29.9 Å². The van der Waals surface area contributed by atoms with Gasteiger partial charge in [-0.25, -0.2) is 13.8 Å². The summed E-state index contributed by atoms with van der Waals surface area (Å²) in [7, 11) is 0. The van der Waals surface area contributed by atoms with Crippen LogP contribution in [0.4, 0.5) is 8.78 Å². The molecule has 0 spiro atoms. The Morgan fingerprint density at radius 2 is 2.11 bits per heavy atom. The highest BCUT2D eigenvalue weighted by atomic mass is 19.2. The molecule has 2 rings (SSSR count). The lowest BCUT2D eigenvalue weighted by atomic mass is 10.0. The molecule has 18 heavy (non-hydrogen) atoms. The first-order valence-corrected chi connectivity index (χ1v) is 5.68. The lowest BCUT2D eigenvalue weighted by Gasteiger charge is -2.17. The Morgan fingerprint density at radius 3 is 2.72 bits per heavy atom. The van der Waals surface area contributed by atoms with Crippen LogP contribution in [0.5, 0.6) is 0 Å². The zero-order chi connectivity index (χ0) is 13.1. The molecule has 1 aromatic carbocycles. The van der Waals surface area contributed by atoms with E-state index in [4.69, 9.17) is 0 Å². The molecule has 0 fully saturated rings. The normalized spacial score (nSPS) is 12.7. The second-order valence-electron chi connectivity index (χ2n) is 3.96. The lowest BCUT2D eigenvalue weighted by molar-refractivity contribution is 0.474. The molecule has 0 saturated carbocycles. The SMILES string of the molecule is CCNC(c1ncn[nH]1)c1ccc(C)c(F)c1F. The van der Waals surface area contributed by atoms with E-state index in [-0.39, 0.29) is 11.1 Å². The van der Waals surface area contributed by atoms with Crippen molar-refractivity contribution < 1.29 is 8.78 Å². The van der Waals surface area contributed by atoms with Gasteiger partial charge in [0.05, 0.1) is 6.04 Å². The van der Waals surface area contributed by atoms with E-state index in [2.05, 4.69) is 20.5 Å². The maximum absolute atomic E-state index is 14.0. The van der Waals surface area contributed by atoms with Gasteiger partial charge in [-0.2, -0.15) is 5.10 Å². The first-order chi connectivity index (χ1) is 8.65. The van der Waals surface area contributed by atoms with Crippen molar-refractivity contribution in [3.63, 3.8) is 0 Å². The molecule has 96 valence electrons. The number of halogens is 2. The minimum absolute atomic E-state index is 0.219. The van der Waals surface area contributed by atoms with Gasteiger partial charge in [0.2, 0.25) is 0 Å². The average molecular weight is 252 g/mol. The standard InChI is InChI=1S/C12H14F2N4/c1-3-15-11(12-16-6-17-18-12)8-5-4-7(2)9(13)10(8)14/h4-6,11,15H,3H2,1-2H3,(H,16,17,18). The molecule has 0 aliphatic heterocycles. The van der Waals surface area contributed by atoms with Gasteiger partial charge >= 0.3 is 0 Å². The van der Waals surface area contributed by atoms with E-state index in [9.17, 15) is 8.78 Å². The Kier molecular flexibility index (Phi) is 3.66. The van der Waals surface area contributed by atoms with Crippen LogP contribution in [0.15, 0.2) is 18.5 Å². The molecular formula is C12H14F2N4. The van der Waals surface area contributed by atoms with E-state index < -0.39 is 17.7 Å². The molecule has 1 aromatic heterocycles. The second-order valence-corrected chi connectivity index (χ2v) is 3.96. The van der Waals surface area contributed by atoms with Gasteiger partial charge in [0.25, 0.3) is 0 Å². The van der Waals surface area contributed by atoms with E-state index in [0.29, 0.717) is 12.4 Å². The third-order valence-corrected chi connectivity index (χ3v) is 2.73. The van der Waals surface area contributed by atoms with Crippen molar-refractivity contribution in [2.24, 2.45) is 0 Å². The van der Waals surface area contributed by atoms with Crippen molar-refractivity contribution in [3.8, 4) is 0 Å². The predicted octanol–water partition coefficient (Wildman–Crippen LogP) is 2.09. The molecule has 0 bridgehead atoms. The first kappa shape index (κ1) is 12.6. The molecule has 2 aromatic rings. The Morgan fingerprint density at radius 1 is 1.33 bits per heavy atom. The van der Waals surface area contributed by atoms with Crippen molar-refractivity contribution in [1.29, 1.82) is 0 Å². The number of aromatic amines is 1. The number of nitrogens with zero attached hydrogens (tertiary/aromatic N) is 2. The smallest absolute Gasteiger partial charge is 0.164 e. The minimum Gasteiger partial charge on any atom is -0.304 e. The summed E-state index contributed by atoms with van der Waals surface area (Å²) in [4.78, 5) is 3.99. The minimum atomic E-state index is -0.850. The van der Waals surface area contributed by atoms with Crippen molar-refractivity contribution in [1.82, 2.24) is 20.5 Å². The topological polar surface area (TPSA) is 53.6 Å². The van der Waals surface area contributed by atoms with Crippen LogP contribution in [0.25, 0.3) is 0 Å². The molecular weight excluding hydrogens is 238 g/mol. The molecule has 0 radical (unpaired) electrons. The first-order valence-electron chi connectivity index (χ1n) is 5.68. The van der Waals surface area contributed by atoms with Gasteiger partial charge in [0.15, 0.2) is 11.6 Å². The van der Waals surface area contributed by atoms with Gasteiger partial charge in [-0.3, -0.25) is 5.10 Å². The number of benzene rings is 1. The largest absolute Gasteiger partial charge is 0.304 e. The van der Waals surface area contributed by atoms with Gasteiger partial charge < -0.3 is 5.32 Å². The molecule has 0 saturated heterocycles. The monoisotopic (exact) mass is 252 g/mol. The van der Waals surface area contributed by atoms with Gasteiger partial charge in [-0.15, -0.1) is 0 Å². The number of rotatable bonds is 4. The van der Waals surface area contributed by atoms with Crippen LogP contribution >= 0.6 is 0 Å². The van der Waals surface area contributed by atoms with Crippen LogP contribution in [-0.4, -0.2) is 21.7 Å². The summed E-state index contributed by atoms with van der Waals surface area (Å²) in [6, 6.07) is 2.57. The Labute approximate surface area is 103 Å². The van der Waals surface area contributed by atoms with Crippen molar-refractivity contribution in [3.05, 3.63) is 47.0 Å². The summed E-state index contributed by atoms with van der Waals surface area (Å²) in [6.45, 7) is 4.00. The van der Waals surface area contributed by atoms with E-state index in [1.165, 1.54) is 13.3 Å². The van der Waals surface area contributed by atoms with E-state index in [1.807, 2.05) is 6.92 Å². The molecule has 0 amide bonds. The van der Waals surface area contributed by atoms with Gasteiger partial charge in [-0.1, -0.05) is 19.1 Å². The maximum atomic E-state index is 14.0. The Balaban J connectivity index is 2.47. The number of aryl methyl sites for hydroxylation is 1. The third kappa shape index (κ3) is 2.24. The molecule has 6 heteroatoms. The number of H-pyrrole nitrogens is 1. The summed E-state index contributed by atoms with van der Waals surface area (Å²) in [6.07, 6.45) is 1.34. The highest BCUT2D eigenvalue weighted by Crippen LogP contribution is 2.24. The molecule has 2 N–H and O–H groups in total. The average Bonchev–Trinajstić information content (AvgIpc) is 2.88. The fourth-order valence-electron chi connectivity index (χ4n) is 1.80. The molecule has 0 aliphatic carbocycles. The number of hydrogen-bond acceptors (Lipinski definition) is 3. The summed E-state index contributed by atoms with van der Waals surface area (Å²) in [5, 5.41) is 9.45. The number of aromatic nitrogens is 3. The highest BCUT2D eigenvalue weighted by molar-refractivity contribution is 5.31. The molecule has 1 heterocycles. The fourth-order valence-corrected chi connectivity index (χ4v) is 1.80. The van der Waals surface area contributed by atoms with Gasteiger partial charge in [0.1, 0.15) is 12.2 Å². The van der Waals surface area contributed by atoms with Crippen molar-refractivity contribution >= 4 is 0 Å². The van der Waals surface area contributed by atoms with E-state index >= 15 is 0 Å². The van der Waals surface area contributed by atoms with Crippen LogP contribution in [0, 0.1) is 18.6 Å². The summed E-state index contributed by atoms with van der Waals surface area (Å²) >= 11 is 0. The predicted molar refractivity (Wildman–Crippen MR) is 63.0 cm³/mol. The highest BCUT2D eigenvalue weighted by Gasteiger charge is 2.22. The molecule has 0 aliphatic rings. The number of hydrogen-bond donors (Lipinski definition) is 2. The second kappa shape index (κ2) is 5.22. The summed E-state index contributed by atoms with van der Waals surface area (Å²) in [5.41, 5.74) is 0.501. The zero-order valence-electron chi connectivity index (χ0n) is 10.2. The zero-order valence-corrected chi connectivity index (χ0v) is 10.2. The Bertz CT molecular complexity index is 525. The third-order valence-electron chi connectivity index (χ3n) is 2.73. The van der Waals surface area contributed by atoms with Crippen molar-refractivity contribution in [2.45, 2.75) is 19.9 Å². The lowest BCUT2D eigenvalue weighted by Crippen LogP contribution is -2.24. The van der Waals surface area contributed by atoms with E-state index in [0.717, 1.165) is 0 Å². The van der Waals surface area contributed by atoms with Crippen LogP contribution in [-0.2, 0) is 0 Å². The quantitative estimate of drug-likeness (QED) is 0.876. The van der Waals surface area contributed by atoms with Gasteiger partial charge in [0, 0.05) is 5.56 Å². The maximum Gasteiger partial charge on any atom is 0.164 e. The number of nitrogens with one attached hydrogen (secondary N) is 2. The van der Waals surface area contributed by atoms with E-state index in [1.54, 1.807) is 12.1 Å². The van der Waals surface area contributed by atoms with Crippen LogP contribution < -0.4 is 5.32 Å². The summed E-state index contributed by atoms with van der Waals surface area (Å²) in [5.74, 6) is -1.22. The van der Waals surface area contributed by atoms with Crippen LogP contribution in [0.2, 0.25) is 0 Å². The Hall–Kier alpha value is -1.82. The molecule has 4 nitrogen and oxygen atoms in total. The molecule has 1 atom stereocenters. The molecule has 1 unspecified atom stereocenters. The van der Waals surface area contributed by atoms with Crippen LogP contribution in [0.3, 0.4) is 0 Å². The summed E-state index contributed by atoms with van der Waals surface area (Å²) < 4.78 is 27.5. The van der Waals surface area contributed by atoms with Crippen molar-refractivity contribution in [2.75, 3.05) is 6.54 Å². The fraction of sp³-hybridized carbons (Fsp3) is 0.333.